The number of likely N-dealkylation sites (tertiary alicyclic amines) is 1. The van der Waals surface area contributed by atoms with Crippen LogP contribution in [0, 0.1) is 0 Å². The van der Waals surface area contributed by atoms with Crippen molar-refractivity contribution in [2.24, 2.45) is 0 Å². The number of likely N-dealkylation sites (N-methyl/N-ethyl adjacent to an activating group) is 3. The summed E-state index contributed by atoms with van der Waals surface area (Å²) in [5.74, 6) is -0.783. The summed E-state index contributed by atoms with van der Waals surface area (Å²) in [7, 11) is 1.69. The van der Waals surface area contributed by atoms with Gasteiger partial charge in [0.15, 0.2) is 0 Å². The summed E-state index contributed by atoms with van der Waals surface area (Å²) < 4.78 is 25.1. The molecule has 3 amide bonds. The molecule has 1 aromatic rings. The lowest BCUT2D eigenvalue weighted by Gasteiger charge is -2.29. The van der Waals surface area contributed by atoms with Crippen LogP contribution in [0.5, 0.6) is 0 Å². The Kier molecular flexibility index (Phi) is 115. The molecule has 0 aliphatic carbocycles. The second-order valence-electron chi connectivity index (χ2n) is 38.1. The van der Waals surface area contributed by atoms with Crippen molar-refractivity contribution in [1.29, 1.82) is 0 Å². The summed E-state index contributed by atoms with van der Waals surface area (Å²) in [5.41, 5.74) is 2.58. The molecule has 32 heteroatoms. The third-order valence-corrected chi connectivity index (χ3v) is 22.9. The largest absolute Gasteiger partial charge is 0.446 e. The molecule has 0 aromatic heterocycles. The van der Waals surface area contributed by atoms with Gasteiger partial charge in [-0.05, 0) is 310 Å². The Morgan fingerprint density at radius 1 is 0.465 bits per heavy atom. The zero-order chi connectivity index (χ0) is 112. The monoisotopic (exact) mass is 2030 g/mol. The summed E-state index contributed by atoms with van der Waals surface area (Å²) in [6.07, 6.45) is 13.1. The molecular weight excluding hydrogens is 1800 g/mol. The Morgan fingerprint density at radius 2 is 0.838 bits per heavy atom. The maximum Gasteiger partial charge on any atom is 0.409 e. The van der Waals surface area contributed by atoms with Gasteiger partial charge >= 0.3 is 12.1 Å². The van der Waals surface area contributed by atoms with Crippen LogP contribution in [0.15, 0.2) is 93.6 Å². The molecule has 142 heavy (non-hydrogen) atoms. The number of piperidine rings is 1. The van der Waals surface area contributed by atoms with Crippen molar-refractivity contribution < 1.29 is 78.6 Å². The maximum atomic E-state index is 12.1. The molecule has 1 saturated heterocycles. The molecule has 0 radical (unpaired) electrons. The van der Waals surface area contributed by atoms with Gasteiger partial charge in [-0.3, -0.25) is 79.0 Å². The predicted octanol–water partition coefficient (Wildman–Crippen LogP) is 15.8. The number of methoxy groups -OCH3 is 1. The van der Waals surface area contributed by atoms with Crippen molar-refractivity contribution in [2.75, 3.05) is 206 Å². The highest BCUT2D eigenvalue weighted by Crippen LogP contribution is 2.24. The van der Waals surface area contributed by atoms with E-state index < -0.39 is 11.6 Å². The van der Waals surface area contributed by atoms with E-state index >= 15 is 0 Å². The first kappa shape index (κ1) is 157. The van der Waals surface area contributed by atoms with E-state index in [-0.39, 0.29) is 76.3 Å². The van der Waals surface area contributed by atoms with Crippen LogP contribution in [0.4, 0.5) is 4.79 Å². The number of alkyl carbamates (subject to hydrolysis) is 1. The Labute approximate surface area is 873 Å². The lowest BCUT2D eigenvalue weighted by atomic mass is 9.92. The minimum absolute atomic E-state index is 0.0324. The van der Waals surface area contributed by atoms with E-state index in [2.05, 4.69) is 293 Å². The average Bonchev–Trinajstić information content (AvgIpc) is 0.988. The minimum atomic E-state index is -0.516. The number of allylic oxidation sites excluding steroid dienone is 1. The fraction of sp³-hybridized carbons (Fsp3) is 0.800. The standard InChI is InChI=1S/C19H30N2O2.C10H23NO2.C9H17NO2.C9H17N.C8H20N2O.2C8H17N.C7H18N2O.C7H9NO2.C7H17NO2.C7H17NO.C6H15NO.C5H13NO2/c1-8-21(15(4)5)13-23-18(22)20-19(6,7)17-11-9-10-16(12-17)14(2)3;1-5-11(9(3)4)7-10(12)8-13-6-2;1-5-9(11)12-7-10(6-2)8(3)4;1-5-7-10(8-6-2)9(3)4;1-5-10(8(2)3)6-9-7-11-4;1-8(2)9-6-4-3-5-7-9;1-5-7-9(6-2)8(3)4;1-4-9(7(2)3)5-8-6-10;1-5(2)8-6(9)3-4-7(8)10;1-4-8(7(2)3)5-10-6-9;1-4-8(5-6-9)7(2)3;1-4-7(5-8)6(2)3;1-5(2)6(3-7)4-8/h9-12,15H,2,8,13H2,1,3-7H3,(H,20,22);9-10,12H,5-8H2,1-4H3;5,8H,1,6-7H2,2-4H3;5-6,9H,1-2,7-8H2,3-4H3;8-9H,5-7H2,1-4H3;8H,3-7H2,1-2H3;5,8H,1,6-7H2,2-4H3;7-8,10H,4-6H2,1-3H3;3-5H,1-2H3;7,9H,4-6H2,1-3H3;7,9H,4-6H2,1-3H3;6,8H,4-5H2,1-3H3;5,7-8H,3-4H2,1-2H3. The number of carbonyl (C=O) groups is 4. The molecule has 2 aliphatic rings. The van der Waals surface area contributed by atoms with Gasteiger partial charge in [-0.2, -0.15) is 0 Å². The fourth-order valence-electron chi connectivity index (χ4n) is 12.9. The van der Waals surface area contributed by atoms with Crippen molar-refractivity contribution >= 4 is 29.5 Å². The van der Waals surface area contributed by atoms with E-state index in [1.54, 1.807) is 7.11 Å². The minimum Gasteiger partial charge on any atom is -0.446 e. The van der Waals surface area contributed by atoms with Crippen LogP contribution in [0.2, 0.25) is 0 Å². The number of carbonyl (C=O) groups excluding carboxylic acids is 4. The number of imide groups is 1. The zero-order valence-corrected chi connectivity index (χ0v) is 98.8. The molecule has 2 heterocycles. The lowest BCUT2D eigenvalue weighted by Crippen LogP contribution is -2.43. The van der Waals surface area contributed by atoms with Crippen LogP contribution in [-0.4, -0.2) is 414 Å². The van der Waals surface area contributed by atoms with Crippen LogP contribution < -0.4 is 16.0 Å². The van der Waals surface area contributed by atoms with Crippen LogP contribution in [0.1, 0.15) is 300 Å². The fourth-order valence-corrected chi connectivity index (χ4v) is 12.9. The second kappa shape index (κ2) is 104. The van der Waals surface area contributed by atoms with Crippen molar-refractivity contribution in [3.8, 4) is 0 Å². The van der Waals surface area contributed by atoms with Crippen molar-refractivity contribution in [2.45, 2.75) is 379 Å². The highest BCUT2D eigenvalue weighted by molar-refractivity contribution is 6.13. The molecule has 3 rings (SSSR count). The van der Waals surface area contributed by atoms with E-state index in [0.717, 1.165) is 121 Å². The van der Waals surface area contributed by atoms with Gasteiger partial charge in [-0.25, -0.2) is 9.59 Å². The number of aliphatic hydroxyl groups excluding tert-OH is 7. The predicted molar refractivity (Wildman–Crippen MR) is 602 cm³/mol. The van der Waals surface area contributed by atoms with E-state index in [9.17, 15) is 24.3 Å². The average molecular weight is 2030 g/mol. The molecule has 1 aromatic carbocycles. The van der Waals surface area contributed by atoms with Crippen molar-refractivity contribution in [3.63, 3.8) is 0 Å². The molecule has 0 saturated carbocycles. The molecule has 32 nitrogen and oxygen atoms in total. The molecule has 846 valence electrons. The van der Waals surface area contributed by atoms with Crippen molar-refractivity contribution in [3.05, 3.63) is 105 Å². The number of ether oxygens (including phenoxy) is 5. The van der Waals surface area contributed by atoms with E-state index in [1.165, 1.54) is 60.4 Å². The topological polar surface area (TPSA) is 334 Å². The first-order chi connectivity index (χ1) is 66.6. The number of hydrogen-bond acceptors (Lipinski definition) is 30. The van der Waals surface area contributed by atoms with Gasteiger partial charge in [-0.1, -0.05) is 124 Å². The van der Waals surface area contributed by atoms with Gasteiger partial charge in [0.2, 0.25) is 0 Å². The van der Waals surface area contributed by atoms with Gasteiger partial charge in [-0.15, -0.1) is 19.7 Å². The number of nitrogens with zero attached hydrogens (tertiary/aromatic N) is 13. The lowest BCUT2D eigenvalue weighted by molar-refractivity contribution is -0.143. The first-order valence-electron chi connectivity index (χ1n) is 52.7. The summed E-state index contributed by atoms with van der Waals surface area (Å²) in [4.78, 5) is 71.7. The summed E-state index contributed by atoms with van der Waals surface area (Å²) in [6.45, 7) is 120. The van der Waals surface area contributed by atoms with Gasteiger partial charge in [0.25, 0.3) is 11.8 Å². The number of hydrogen-bond donors (Lipinski definition) is 10. The first-order valence-corrected chi connectivity index (χ1v) is 52.7. The Hall–Kier alpha value is -5.42. The van der Waals surface area contributed by atoms with Crippen LogP contribution >= 0.6 is 0 Å². The molecule has 10 N–H and O–H groups in total. The SMILES string of the molecule is C=C(C)c1cccc(C(C)(C)NC(=O)OCN(CC)C(C)C)c1.C=CC(=O)OCN(CC)C(C)C.C=CCN(CC)C(C)C.C=CCN(CC=C)C(C)C.CC(C)N(CO)CO.CC(C)N1C(=O)C=CC1=O.CC(C)N1CCCCC1.CCN(CCO)C(C)C.CCN(CNCO)C(C)C.CCN(CNCOC)C(C)C.CCN(CO)C(C)C.CCN(COCO)C(C)C.CCOCC(O)CN(CC)C(C)C. The molecule has 1 atom stereocenters. The third-order valence-electron chi connectivity index (χ3n) is 22.9. The highest BCUT2D eigenvalue weighted by Gasteiger charge is 2.27. The summed E-state index contributed by atoms with van der Waals surface area (Å²) in [6, 6.07) is 14.1. The summed E-state index contributed by atoms with van der Waals surface area (Å²) >= 11 is 0. The quantitative estimate of drug-likeness (QED) is 0.00723. The highest BCUT2D eigenvalue weighted by atomic mass is 16.6. The number of amides is 3. The third kappa shape index (κ3) is 92.0. The maximum absolute atomic E-state index is 12.1. The molecule has 0 bridgehead atoms. The zero-order valence-electron chi connectivity index (χ0n) is 98.8. The van der Waals surface area contributed by atoms with Crippen molar-refractivity contribution in [1.82, 2.24) is 79.6 Å². The number of nitrogens with one attached hydrogen (secondary N) is 3. The van der Waals surface area contributed by atoms with Gasteiger partial charge in [0, 0.05) is 143 Å². The van der Waals surface area contributed by atoms with E-state index in [4.69, 9.17) is 54.3 Å². The Balaban J connectivity index is -0.000000168. The van der Waals surface area contributed by atoms with Gasteiger partial charge in [0.1, 0.15) is 27.0 Å². The smallest absolute Gasteiger partial charge is 0.409 e. The number of aliphatic hydroxyl groups is 7. The normalized spacial score (nSPS) is 12.7. The number of esters is 1. The van der Waals surface area contributed by atoms with Gasteiger partial charge < -0.3 is 69.6 Å². The van der Waals surface area contributed by atoms with Crippen LogP contribution in [0.25, 0.3) is 5.57 Å². The van der Waals surface area contributed by atoms with E-state index in [0.29, 0.717) is 107 Å². The molecular formula is C110H230N16O16. The molecule has 1 unspecified atom stereocenters. The summed E-state index contributed by atoms with van der Waals surface area (Å²) in [5, 5.41) is 69.5. The molecule has 0 spiro atoms. The van der Waals surface area contributed by atoms with Gasteiger partial charge in [0.05, 0.1) is 71.8 Å². The molecule has 1 fully saturated rings. The Bertz CT molecular complexity index is 2970. The number of benzene rings is 1. The Morgan fingerprint density at radius 3 is 1.11 bits per heavy atom. The number of rotatable bonds is 56. The second-order valence-corrected chi connectivity index (χ2v) is 38.1. The van der Waals surface area contributed by atoms with Crippen LogP contribution in [0.3, 0.4) is 0 Å². The van der Waals surface area contributed by atoms with Crippen LogP contribution in [-0.2, 0) is 43.6 Å². The molecule has 2 aliphatic heterocycles. The van der Waals surface area contributed by atoms with E-state index in [1.807, 2.05) is 122 Å².